The summed E-state index contributed by atoms with van der Waals surface area (Å²) >= 11 is 0. The van der Waals surface area contributed by atoms with E-state index >= 15 is 0 Å². The molecule has 0 aliphatic carbocycles. The van der Waals surface area contributed by atoms with Gasteiger partial charge >= 0.3 is 138 Å². The van der Waals surface area contributed by atoms with Crippen LogP contribution in [0.2, 0.25) is 0 Å². The normalized spacial score (nSPS) is 10.8. The van der Waals surface area contributed by atoms with Crippen molar-refractivity contribution in [2.24, 2.45) is 0 Å². The van der Waals surface area contributed by atoms with Gasteiger partial charge in [0.25, 0.3) is 0 Å². The van der Waals surface area contributed by atoms with Gasteiger partial charge in [0.2, 0.25) is 0 Å². The van der Waals surface area contributed by atoms with E-state index in [4.69, 9.17) is 0 Å². The molecule has 0 saturated heterocycles. The molecule has 0 aromatic carbocycles. The van der Waals surface area contributed by atoms with E-state index in [9.17, 15) is 14.4 Å². The Bertz CT molecular complexity index is 237. The average molecular weight is 558 g/mol. The monoisotopic (exact) mass is 558 g/mol. The summed E-state index contributed by atoms with van der Waals surface area (Å²) in [6, 6.07) is 0. The maximum atomic E-state index is 10.2. The van der Waals surface area contributed by atoms with Crippen LogP contribution in [0.3, 0.4) is 0 Å². The molecule has 0 heterocycles. The van der Waals surface area contributed by atoms with Gasteiger partial charge in [-0.15, -0.1) is 0 Å². The Hall–Kier alpha value is 4.21. The van der Waals surface area contributed by atoms with Crippen LogP contribution in [-0.2, 0) is 9.09 Å². The molecule has 0 aliphatic heterocycles. The van der Waals surface area contributed by atoms with Crippen LogP contribution >= 0.6 is 7.82 Å². The van der Waals surface area contributed by atoms with Gasteiger partial charge in [-0.3, -0.25) is 0 Å². The van der Waals surface area contributed by atoms with Crippen molar-refractivity contribution in [2.45, 2.75) is 84.0 Å². The van der Waals surface area contributed by atoms with Gasteiger partial charge in [0, 0.05) is 0 Å². The molecule has 0 aromatic rings. The first kappa shape index (κ1) is 30.0. The van der Waals surface area contributed by atoms with E-state index < -0.39 is 7.82 Å². The zero-order chi connectivity index (χ0) is 14.4. The topological polar surface area (TPSA) is 72.4 Å². The molecule has 0 fully saturated rings. The van der Waals surface area contributed by atoms with Crippen molar-refractivity contribution in [2.75, 3.05) is 6.61 Å². The minimum atomic E-state index is -4.75. The van der Waals surface area contributed by atoms with Crippen LogP contribution in [0.1, 0.15) is 84.0 Å². The van der Waals surface area contributed by atoms with Crippen molar-refractivity contribution in [1.82, 2.24) is 0 Å². The molecule has 7 heteroatoms. The van der Waals surface area contributed by atoms with E-state index in [-0.39, 0.29) is 144 Å². The molecule has 0 atom stereocenters. The van der Waals surface area contributed by atoms with Gasteiger partial charge in [-0.2, -0.15) is 0 Å². The molecule has 0 radical (unpaired) electrons. The summed E-state index contributed by atoms with van der Waals surface area (Å²) in [6.07, 6.45) is 14.6. The number of rotatable bonds is 14. The first-order valence-corrected chi connectivity index (χ1v) is 9.19. The van der Waals surface area contributed by atoms with Crippen LogP contribution in [-0.4, -0.2) is 6.61 Å². The van der Waals surface area contributed by atoms with Crippen molar-refractivity contribution in [3.05, 3.63) is 0 Å². The fourth-order valence-corrected chi connectivity index (χ4v) is 2.47. The molecule has 116 valence electrons. The smallest absolute Gasteiger partial charge is 0.790 e. The van der Waals surface area contributed by atoms with Crippen molar-refractivity contribution < 1.29 is 157 Å². The molecule has 21 heavy (non-hydrogen) atoms. The molecule has 0 N–H and O–H groups in total. The van der Waals surface area contributed by atoms with Crippen LogP contribution in [0.4, 0.5) is 0 Å². The van der Waals surface area contributed by atoms with Crippen LogP contribution < -0.4 is 148 Å². The van der Waals surface area contributed by atoms with Crippen LogP contribution in [0, 0.1) is 0 Å². The third kappa shape index (κ3) is 29.2. The van der Waals surface area contributed by atoms with Gasteiger partial charge in [-0.25, -0.2) is 0 Å². The molecule has 0 spiro atoms. The maximum Gasteiger partial charge on any atom is 1.00 e. The van der Waals surface area contributed by atoms with Gasteiger partial charge < -0.3 is 18.9 Å². The van der Waals surface area contributed by atoms with Crippen LogP contribution in [0.5, 0.6) is 0 Å². The molecule has 0 aromatic heterocycles. The number of phosphoric acid groups is 1. The van der Waals surface area contributed by atoms with Crippen LogP contribution in [0.15, 0.2) is 0 Å². The second-order valence-electron chi connectivity index (χ2n) is 5.17. The Labute approximate surface area is 248 Å². The van der Waals surface area contributed by atoms with E-state index in [1.165, 1.54) is 57.8 Å². The SMILES string of the molecule is CCCCCCCCCCCCCCOP(=O)([O-])[O-].[Cs+].[Cs+]. The zero-order valence-corrected chi connectivity index (χ0v) is 27.7. The summed E-state index contributed by atoms with van der Waals surface area (Å²) in [6.45, 7) is 2.28. The van der Waals surface area contributed by atoms with Gasteiger partial charge in [0.1, 0.15) is 0 Å². The third-order valence-electron chi connectivity index (χ3n) is 3.25. The molecule has 0 rings (SSSR count). The van der Waals surface area contributed by atoms with Gasteiger partial charge in [-0.05, 0) is 6.42 Å². The number of phosphoric ester groups is 1. The van der Waals surface area contributed by atoms with Crippen molar-refractivity contribution in [3.63, 3.8) is 0 Å². The Balaban J connectivity index is -0.00000162. The minimum Gasteiger partial charge on any atom is -0.790 e. The van der Waals surface area contributed by atoms with Crippen LogP contribution in [0.25, 0.3) is 0 Å². The Kier molecular flexibility index (Phi) is 31.7. The number of hydrogen-bond acceptors (Lipinski definition) is 4. The molecular weight excluding hydrogens is 529 g/mol. The largest absolute Gasteiger partial charge is 1.00 e. The van der Waals surface area contributed by atoms with Crippen molar-refractivity contribution >= 4 is 7.82 Å². The van der Waals surface area contributed by atoms with E-state index in [2.05, 4.69) is 11.4 Å². The standard InChI is InChI=1S/C14H31O4P.2Cs/c1-2-3-4-5-6-7-8-9-10-11-12-13-14-18-19(15,16)17;;/h2-14H2,1H3,(H2,15,16,17);;/q;2*+1/p-2. The Morgan fingerprint density at radius 1 is 0.714 bits per heavy atom. The molecule has 0 unspecified atom stereocenters. The van der Waals surface area contributed by atoms with E-state index in [1.807, 2.05) is 0 Å². The van der Waals surface area contributed by atoms with Crippen molar-refractivity contribution in [3.8, 4) is 0 Å². The Morgan fingerprint density at radius 3 is 1.38 bits per heavy atom. The second-order valence-corrected chi connectivity index (χ2v) is 6.32. The van der Waals surface area contributed by atoms with Gasteiger partial charge in [0.05, 0.1) is 14.4 Å². The average Bonchev–Trinajstić information content (AvgIpc) is 2.34. The second kappa shape index (κ2) is 22.3. The summed E-state index contributed by atoms with van der Waals surface area (Å²) in [5.74, 6) is 0. The summed E-state index contributed by atoms with van der Waals surface area (Å²) in [5.41, 5.74) is 0. The van der Waals surface area contributed by atoms with E-state index in [0.29, 0.717) is 6.42 Å². The van der Waals surface area contributed by atoms with E-state index in [1.54, 1.807) is 0 Å². The predicted molar refractivity (Wildman–Crippen MR) is 74.6 cm³/mol. The molecule has 0 bridgehead atoms. The maximum absolute atomic E-state index is 10.2. The quantitative estimate of drug-likeness (QED) is 0.175. The summed E-state index contributed by atoms with van der Waals surface area (Å²) in [4.78, 5) is 20.4. The van der Waals surface area contributed by atoms with Crippen molar-refractivity contribution in [1.29, 1.82) is 0 Å². The fraction of sp³-hybridized carbons (Fsp3) is 1.00. The first-order chi connectivity index (χ1) is 9.06. The van der Waals surface area contributed by atoms with Gasteiger partial charge in [0.15, 0.2) is 0 Å². The molecule has 0 amide bonds. The third-order valence-corrected chi connectivity index (χ3v) is 3.75. The molecule has 4 nitrogen and oxygen atoms in total. The number of hydrogen-bond donors (Lipinski definition) is 0. The molecular formula is C14H29Cs2O4P. The summed E-state index contributed by atoms with van der Waals surface area (Å²) in [5, 5.41) is 0. The zero-order valence-electron chi connectivity index (χ0n) is 14.3. The van der Waals surface area contributed by atoms with E-state index in [0.717, 1.165) is 12.8 Å². The summed E-state index contributed by atoms with van der Waals surface area (Å²) < 4.78 is 14.3. The molecule has 0 saturated carbocycles. The molecule has 0 aliphatic rings. The van der Waals surface area contributed by atoms with Gasteiger partial charge in [-0.1, -0.05) is 77.6 Å². The first-order valence-electron chi connectivity index (χ1n) is 7.73. The predicted octanol–water partition coefficient (Wildman–Crippen LogP) is -2.46. The number of unbranched alkanes of at least 4 members (excludes halogenated alkanes) is 11. The minimum absolute atomic E-state index is 0. The Morgan fingerprint density at radius 2 is 1.05 bits per heavy atom. The summed E-state index contributed by atoms with van der Waals surface area (Å²) in [7, 11) is -4.75. The fourth-order valence-electron chi connectivity index (χ4n) is 2.12.